The van der Waals surface area contributed by atoms with Crippen LogP contribution in [0.4, 0.5) is 4.39 Å². The molecule has 0 aromatic heterocycles. The van der Waals surface area contributed by atoms with E-state index in [0.29, 0.717) is 5.02 Å². The molecular formula is C16H15BrClFIN. The fraction of sp³-hybridized carbons (Fsp3) is 0.250. The van der Waals surface area contributed by atoms with Crippen LogP contribution in [0.3, 0.4) is 0 Å². The van der Waals surface area contributed by atoms with Crippen molar-refractivity contribution in [1.82, 2.24) is 5.32 Å². The summed E-state index contributed by atoms with van der Waals surface area (Å²) in [6.45, 7) is 2.93. The molecule has 2 aromatic carbocycles. The molecule has 0 radical (unpaired) electrons. The third-order valence-corrected chi connectivity index (χ3v) is 4.87. The summed E-state index contributed by atoms with van der Waals surface area (Å²) in [5.74, 6) is -0.278. The second-order valence-electron chi connectivity index (χ2n) is 4.72. The summed E-state index contributed by atoms with van der Waals surface area (Å²) in [7, 11) is 0. The average molecular weight is 483 g/mol. The summed E-state index contributed by atoms with van der Waals surface area (Å²) < 4.78 is 15.7. The van der Waals surface area contributed by atoms with Gasteiger partial charge in [-0.05, 0) is 83.1 Å². The molecule has 1 nitrogen and oxygen atoms in total. The van der Waals surface area contributed by atoms with Crippen LogP contribution in [0, 0.1) is 9.39 Å². The molecule has 1 atom stereocenters. The van der Waals surface area contributed by atoms with E-state index < -0.39 is 0 Å². The maximum atomic E-state index is 13.6. The Balaban J connectivity index is 2.52. The standard InChI is InChI=1S/C16H15BrClFIN/c1-2-7-21-16(12-9-11(20)4-5-14(12)17)13-8-10(19)3-6-15(13)18/h3-6,8-9,16,21H,2,7H2,1H3. The minimum absolute atomic E-state index is 0.141. The number of benzene rings is 2. The van der Waals surface area contributed by atoms with Crippen LogP contribution in [0.2, 0.25) is 5.02 Å². The third-order valence-electron chi connectivity index (χ3n) is 3.14. The molecule has 0 heterocycles. The van der Waals surface area contributed by atoms with Gasteiger partial charge in [-0.3, -0.25) is 0 Å². The monoisotopic (exact) mass is 481 g/mol. The minimum atomic E-state index is -0.278. The van der Waals surface area contributed by atoms with Gasteiger partial charge in [-0.2, -0.15) is 0 Å². The molecular weight excluding hydrogens is 467 g/mol. The van der Waals surface area contributed by atoms with Gasteiger partial charge >= 0.3 is 0 Å². The molecule has 5 heteroatoms. The van der Waals surface area contributed by atoms with E-state index in [1.54, 1.807) is 6.07 Å². The van der Waals surface area contributed by atoms with E-state index in [1.165, 1.54) is 12.1 Å². The van der Waals surface area contributed by atoms with E-state index in [1.807, 2.05) is 12.1 Å². The predicted molar refractivity (Wildman–Crippen MR) is 98.4 cm³/mol. The number of hydrogen-bond donors (Lipinski definition) is 1. The Morgan fingerprint density at radius 1 is 1.24 bits per heavy atom. The Morgan fingerprint density at radius 2 is 2.00 bits per heavy atom. The van der Waals surface area contributed by atoms with Gasteiger partial charge in [0, 0.05) is 13.1 Å². The van der Waals surface area contributed by atoms with Crippen LogP contribution in [0.25, 0.3) is 0 Å². The van der Waals surface area contributed by atoms with E-state index in [4.69, 9.17) is 11.6 Å². The van der Waals surface area contributed by atoms with Crippen molar-refractivity contribution < 1.29 is 4.39 Å². The lowest BCUT2D eigenvalue weighted by Gasteiger charge is -2.22. The summed E-state index contributed by atoms with van der Waals surface area (Å²) in [6, 6.07) is 10.5. The summed E-state index contributed by atoms with van der Waals surface area (Å²) in [5, 5.41) is 4.02. The predicted octanol–water partition coefficient (Wildman–Crippen LogP) is 5.94. The van der Waals surface area contributed by atoms with Crippen molar-refractivity contribution in [3.8, 4) is 0 Å². The van der Waals surface area contributed by atoms with Crippen molar-refractivity contribution in [2.45, 2.75) is 19.4 Å². The highest BCUT2D eigenvalue weighted by Gasteiger charge is 2.19. The van der Waals surface area contributed by atoms with E-state index in [2.05, 4.69) is 56.8 Å². The fourth-order valence-corrected chi connectivity index (χ4v) is 3.37. The molecule has 2 aromatic rings. The SMILES string of the molecule is CCCNC(c1cc(F)ccc1Cl)c1cc(I)ccc1Br. The van der Waals surface area contributed by atoms with Crippen molar-refractivity contribution in [3.05, 3.63) is 66.4 Å². The van der Waals surface area contributed by atoms with E-state index in [-0.39, 0.29) is 11.9 Å². The molecule has 21 heavy (non-hydrogen) atoms. The quantitative estimate of drug-likeness (QED) is 0.521. The summed E-state index contributed by atoms with van der Waals surface area (Å²) >= 11 is 12.1. The lowest BCUT2D eigenvalue weighted by Crippen LogP contribution is -2.24. The van der Waals surface area contributed by atoms with Crippen LogP contribution in [-0.4, -0.2) is 6.54 Å². The Kier molecular flexibility index (Phi) is 6.47. The van der Waals surface area contributed by atoms with Crippen LogP contribution in [0.15, 0.2) is 40.9 Å². The Morgan fingerprint density at radius 3 is 2.71 bits per heavy atom. The Bertz CT molecular complexity index is 584. The highest BCUT2D eigenvalue weighted by Crippen LogP contribution is 2.34. The van der Waals surface area contributed by atoms with Gasteiger partial charge in [0.2, 0.25) is 0 Å². The third kappa shape index (κ3) is 4.41. The summed E-state index contributed by atoms with van der Waals surface area (Å²) in [4.78, 5) is 0. The van der Waals surface area contributed by atoms with Gasteiger partial charge in [0.15, 0.2) is 0 Å². The molecule has 0 saturated heterocycles. The van der Waals surface area contributed by atoms with Crippen molar-refractivity contribution in [3.63, 3.8) is 0 Å². The number of hydrogen-bond acceptors (Lipinski definition) is 1. The maximum Gasteiger partial charge on any atom is 0.123 e. The molecule has 0 amide bonds. The normalized spacial score (nSPS) is 12.4. The molecule has 2 rings (SSSR count). The van der Waals surface area contributed by atoms with Gasteiger partial charge in [-0.25, -0.2) is 4.39 Å². The smallest absolute Gasteiger partial charge is 0.123 e. The molecule has 0 aliphatic carbocycles. The van der Waals surface area contributed by atoms with Crippen molar-refractivity contribution in [2.24, 2.45) is 0 Å². The molecule has 0 aliphatic heterocycles. The molecule has 0 fully saturated rings. The lowest BCUT2D eigenvalue weighted by atomic mass is 9.98. The van der Waals surface area contributed by atoms with Crippen molar-refractivity contribution in [2.75, 3.05) is 6.54 Å². The minimum Gasteiger partial charge on any atom is -0.306 e. The largest absolute Gasteiger partial charge is 0.306 e. The van der Waals surface area contributed by atoms with Crippen LogP contribution < -0.4 is 5.32 Å². The van der Waals surface area contributed by atoms with Crippen molar-refractivity contribution >= 4 is 50.1 Å². The van der Waals surface area contributed by atoms with Gasteiger partial charge in [0.05, 0.1) is 6.04 Å². The highest BCUT2D eigenvalue weighted by atomic mass is 127. The molecule has 0 aliphatic rings. The molecule has 1 unspecified atom stereocenters. The van der Waals surface area contributed by atoms with Crippen molar-refractivity contribution in [1.29, 1.82) is 0 Å². The number of rotatable bonds is 5. The van der Waals surface area contributed by atoms with Crippen LogP contribution in [0.1, 0.15) is 30.5 Å². The first-order valence-corrected chi connectivity index (χ1v) is 8.91. The number of halogens is 4. The van der Waals surface area contributed by atoms with E-state index in [0.717, 1.165) is 32.1 Å². The Hall–Kier alpha value is -0.170. The zero-order chi connectivity index (χ0) is 15.4. The molecule has 1 N–H and O–H groups in total. The van der Waals surface area contributed by atoms with Gasteiger partial charge in [-0.1, -0.05) is 34.5 Å². The zero-order valence-corrected chi connectivity index (χ0v) is 16.0. The van der Waals surface area contributed by atoms with Crippen LogP contribution in [0.5, 0.6) is 0 Å². The number of nitrogens with one attached hydrogen (secondary N) is 1. The van der Waals surface area contributed by atoms with E-state index >= 15 is 0 Å². The topological polar surface area (TPSA) is 12.0 Å². The first-order valence-electron chi connectivity index (χ1n) is 6.66. The van der Waals surface area contributed by atoms with Crippen LogP contribution in [-0.2, 0) is 0 Å². The first kappa shape index (κ1) is 17.2. The summed E-state index contributed by atoms with van der Waals surface area (Å²) in [5.41, 5.74) is 1.82. The Labute approximate surface area is 151 Å². The molecule has 0 saturated carbocycles. The highest BCUT2D eigenvalue weighted by molar-refractivity contribution is 14.1. The fourth-order valence-electron chi connectivity index (χ4n) is 2.15. The van der Waals surface area contributed by atoms with Gasteiger partial charge in [-0.15, -0.1) is 0 Å². The van der Waals surface area contributed by atoms with E-state index in [9.17, 15) is 4.39 Å². The maximum absolute atomic E-state index is 13.6. The molecule has 0 spiro atoms. The zero-order valence-electron chi connectivity index (χ0n) is 11.5. The first-order chi connectivity index (χ1) is 10.0. The lowest BCUT2D eigenvalue weighted by molar-refractivity contribution is 0.584. The van der Waals surface area contributed by atoms with Gasteiger partial charge < -0.3 is 5.32 Å². The second-order valence-corrected chi connectivity index (χ2v) is 7.23. The average Bonchev–Trinajstić information content (AvgIpc) is 2.46. The van der Waals surface area contributed by atoms with Gasteiger partial charge in [0.1, 0.15) is 5.82 Å². The van der Waals surface area contributed by atoms with Gasteiger partial charge in [0.25, 0.3) is 0 Å². The second kappa shape index (κ2) is 7.90. The van der Waals surface area contributed by atoms with Crippen LogP contribution >= 0.6 is 50.1 Å². The summed E-state index contributed by atoms with van der Waals surface area (Å²) in [6.07, 6.45) is 0.991. The molecule has 112 valence electrons. The molecule has 0 bridgehead atoms.